The lowest BCUT2D eigenvalue weighted by Crippen LogP contribution is -2.59. The van der Waals surface area contributed by atoms with Crippen LogP contribution in [-0.4, -0.2) is 117 Å². The van der Waals surface area contributed by atoms with E-state index >= 15 is 4.79 Å². The Balaban J connectivity index is 1.23. The number of aliphatic hydroxyl groups is 2. The average Bonchev–Trinajstić information content (AvgIpc) is 4.03. The zero-order chi connectivity index (χ0) is 57.4. The molecule has 11 bridgehead atoms. The number of nitrogens with one attached hydrogen (secondary N) is 7. The predicted octanol–water partition coefficient (Wildman–Crippen LogP) is 0.401. The van der Waals surface area contributed by atoms with Crippen molar-refractivity contribution in [3.8, 4) is 57.1 Å². The summed E-state index contributed by atoms with van der Waals surface area (Å²) in [6, 6.07) is 1.63. The van der Waals surface area contributed by atoms with Crippen LogP contribution in [0.25, 0.3) is 11.1 Å². The van der Waals surface area contributed by atoms with Crippen molar-refractivity contribution < 1.29 is 83.6 Å². The number of carboxylic acid groups (broad SMARTS) is 1. The van der Waals surface area contributed by atoms with E-state index in [1.807, 2.05) is 0 Å². The maximum absolute atomic E-state index is 15.3. The smallest absolute Gasteiger partial charge is 0.330 e. The Labute approximate surface area is 454 Å². The summed E-state index contributed by atoms with van der Waals surface area (Å²) in [6.45, 7) is 0. The minimum absolute atomic E-state index is 0.0895. The van der Waals surface area contributed by atoms with E-state index in [1.165, 1.54) is 48.9 Å². The largest absolute Gasteiger partial charge is 0.508 e. The van der Waals surface area contributed by atoms with Crippen LogP contribution in [0.15, 0.2) is 97.5 Å². The molecule has 0 spiro atoms. The normalized spacial score (nSPS) is 22.3. The molecule has 0 saturated carbocycles. The van der Waals surface area contributed by atoms with Crippen LogP contribution < -0.4 is 52.8 Å². The molecule has 5 aliphatic heterocycles. The summed E-state index contributed by atoms with van der Waals surface area (Å²) in [5.41, 5.74) is 10.0. The molecule has 9 atom stereocenters. The van der Waals surface area contributed by atoms with Crippen LogP contribution in [0.2, 0.25) is 5.02 Å². The predicted molar refractivity (Wildman–Crippen MR) is 273 cm³/mol. The van der Waals surface area contributed by atoms with Gasteiger partial charge in [0.2, 0.25) is 47.1 Å². The Hall–Kier alpha value is -9.96. The van der Waals surface area contributed by atoms with Crippen molar-refractivity contribution in [2.75, 3.05) is 0 Å². The third kappa shape index (κ3) is 11.2. The molecule has 1 aromatic heterocycles. The summed E-state index contributed by atoms with van der Waals surface area (Å²) >= 11 is 6.73. The first kappa shape index (κ1) is 54.8. The molecule has 5 aromatic carbocycles. The molecule has 6 heterocycles. The highest BCUT2D eigenvalue weighted by Gasteiger charge is 2.41. The molecule has 7 amide bonds. The van der Waals surface area contributed by atoms with Gasteiger partial charge in [0.25, 0.3) is 0 Å². The van der Waals surface area contributed by atoms with E-state index in [1.54, 1.807) is 0 Å². The first-order valence-electron chi connectivity index (χ1n) is 24.0. The standard InChI is InChI=1S/C52H47ClN10O17/c53-28-10-21-4-8-33(28)80-35-12-22-11-34(45(35)70)79-25-5-1-19(2-6-25)43(68)41-51(76)61-40(52(77)78)27-14-24(64)15-32(66)37(27)26-9-20(3-7-31(26)65)38(48(73)63-41)60-49(74)39(22)59-47(72)30(16-36(55)67)58-50(75)42(44(21)69)62-46(71)29(54)13-23-17-56-18-57-23/h1-12,14-15,17-18,29-30,38-44,64-66,68-70H,13,16,54H2,(H2,55,67)(H,56,57)(H,58,75)(H,59,72)(H,60,74)(H,61,76)(H,62,71)(H,63,73)(H,77,78)/t29-,30+,38-,39-,40+,41+,42-,43-,44-/m1/s1. The van der Waals surface area contributed by atoms with E-state index < -0.39 is 159 Å². The fourth-order valence-electron chi connectivity index (χ4n) is 9.20. The number of benzene rings is 5. The highest BCUT2D eigenvalue weighted by molar-refractivity contribution is 6.32. The van der Waals surface area contributed by atoms with Crippen LogP contribution in [0.5, 0.6) is 46.0 Å². The maximum atomic E-state index is 15.3. The number of fused-ring (bicyclic) bond motifs is 15. The van der Waals surface area contributed by atoms with Crippen LogP contribution in [0.4, 0.5) is 0 Å². The molecule has 6 aromatic rings. The number of aromatic hydroxyl groups is 4. The summed E-state index contributed by atoms with van der Waals surface area (Å²) in [6.07, 6.45) is -2.43. The van der Waals surface area contributed by atoms with Gasteiger partial charge >= 0.3 is 5.97 Å². The summed E-state index contributed by atoms with van der Waals surface area (Å²) in [4.78, 5) is 120. The highest BCUT2D eigenvalue weighted by atomic mass is 35.5. The third-order valence-corrected chi connectivity index (χ3v) is 13.5. The number of aliphatic hydroxyl groups excluding tert-OH is 2. The van der Waals surface area contributed by atoms with Gasteiger partial charge in [0.1, 0.15) is 71.2 Å². The maximum Gasteiger partial charge on any atom is 0.330 e. The van der Waals surface area contributed by atoms with E-state index in [-0.39, 0.29) is 45.2 Å². The molecule has 27 nitrogen and oxygen atoms in total. The number of primary amides is 1. The Morgan fingerprint density at radius 2 is 1.35 bits per heavy atom. The number of carbonyl (C=O) groups is 8. The number of carboxylic acids is 1. The van der Waals surface area contributed by atoms with Gasteiger partial charge in [-0.1, -0.05) is 35.9 Å². The molecule has 18 N–H and O–H groups in total. The molecule has 0 saturated heterocycles. The molecular weight excluding hydrogens is 1070 g/mol. The first-order chi connectivity index (χ1) is 38.0. The van der Waals surface area contributed by atoms with Crippen molar-refractivity contribution in [2.24, 2.45) is 11.5 Å². The second kappa shape index (κ2) is 22.2. The molecule has 28 heteroatoms. The fourth-order valence-corrected chi connectivity index (χ4v) is 9.43. The number of aliphatic carboxylic acids is 1. The summed E-state index contributed by atoms with van der Waals surface area (Å²) in [7, 11) is 0. The Morgan fingerprint density at radius 1 is 0.688 bits per heavy atom. The van der Waals surface area contributed by atoms with Gasteiger partial charge in [-0.2, -0.15) is 0 Å². The van der Waals surface area contributed by atoms with Crippen LogP contribution in [0, 0.1) is 0 Å². The molecule has 11 rings (SSSR count). The molecule has 5 aliphatic rings. The van der Waals surface area contributed by atoms with Crippen molar-refractivity contribution in [3.63, 3.8) is 0 Å². The van der Waals surface area contributed by atoms with Crippen LogP contribution in [0.1, 0.15) is 70.3 Å². The number of aromatic nitrogens is 2. The minimum atomic E-state index is -2.15. The number of rotatable bonds is 7. The lowest BCUT2D eigenvalue weighted by Gasteiger charge is -2.31. The number of hydrogen-bond donors (Lipinski definition) is 16. The first-order valence-corrected chi connectivity index (χ1v) is 24.4. The van der Waals surface area contributed by atoms with Gasteiger partial charge in [-0.25, -0.2) is 9.78 Å². The zero-order valence-electron chi connectivity index (χ0n) is 41.0. The van der Waals surface area contributed by atoms with Crippen LogP contribution in [0.3, 0.4) is 0 Å². The van der Waals surface area contributed by atoms with Gasteiger partial charge in [-0.15, -0.1) is 0 Å². The van der Waals surface area contributed by atoms with Crippen LogP contribution in [-0.2, 0) is 44.8 Å². The summed E-state index contributed by atoms with van der Waals surface area (Å²) in [5.74, 6) is -14.9. The van der Waals surface area contributed by atoms with Crippen molar-refractivity contribution in [1.29, 1.82) is 0 Å². The van der Waals surface area contributed by atoms with Crippen molar-refractivity contribution >= 4 is 58.9 Å². The summed E-state index contributed by atoms with van der Waals surface area (Å²) in [5, 5.41) is 93.2. The lowest BCUT2D eigenvalue weighted by atomic mass is 9.89. The number of nitrogens with zero attached hydrogens (tertiary/aromatic N) is 1. The van der Waals surface area contributed by atoms with E-state index in [0.29, 0.717) is 5.69 Å². The molecule has 0 radical (unpaired) electrons. The van der Waals surface area contributed by atoms with E-state index in [2.05, 4.69) is 41.9 Å². The third-order valence-electron chi connectivity index (χ3n) is 13.2. The van der Waals surface area contributed by atoms with Gasteiger partial charge in [-0.3, -0.25) is 33.6 Å². The highest BCUT2D eigenvalue weighted by Crippen LogP contribution is 2.47. The van der Waals surface area contributed by atoms with E-state index in [0.717, 1.165) is 48.5 Å². The Kier molecular flexibility index (Phi) is 15.2. The summed E-state index contributed by atoms with van der Waals surface area (Å²) < 4.78 is 12.2. The second-order valence-electron chi connectivity index (χ2n) is 18.7. The number of imidazole rings is 1. The fraction of sp³-hybridized carbons (Fsp3) is 0.212. The number of nitrogens with two attached hydrogens (primary N) is 2. The number of aromatic amines is 1. The van der Waals surface area contributed by atoms with Crippen molar-refractivity contribution in [2.45, 2.75) is 67.3 Å². The molecule has 0 unspecified atom stereocenters. The SMILES string of the molecule is NC(=O)C[C@@H]1NC(=O)[C@H](NC(=O)[C@H](N)Cc2cnc[nH]2)[C@H](O)c2ccc(c(Cl)c2)Oc2cc3cc(c2O)Oc2ccc(cc2)[C@@H](O)[C@@H]2NC(=O)[C@H](NC(=O)[C@@H]3NC1=O)c1ccc(O)c(c1)-c1c(O)cc(O)cc1[C@@H](C(=O)O)NC2=O. The Bertz CT molecular complexity index is 3510. The van der Waals surface area contributed by atoms with Crippen molar-refractivity contribution in [1.82, 2.24) is 41.9 Å². The number of ether oxygens (including phenoxy) is 2. The average molecular weight is 1120 g/mol. The van der Waals surface area contributed by atoms with Crippen molar-refractivity contribution in [3.05, 3.63) is 136 Å². The van der Waals surface area contributed by atoms with Gasteiger partial charge in [0.15, 0.2) is 17.5 Å². The Morgan fingerprint density at radius 3 is 2.02 bits per heavy atom. The second-order valence-corrected chi connectivity index (χ2v) is 19.1. The van der Waals surface area contributed by atoms with Gasteiger partial charge in [0, 0.05) is 41.1 Å². The number of amides is 7. The number of carbonyl (C=O) groups excluding carboxylic acids is 7. The lowest BCUT2D eigenvalue weighted by molar-refractivity contribution is -0.143. The molecule has 0 aliphatic carbocycles. The molecule has 80 heavy (non-hydrogen) atoms. The number of hydrogen-bond acceptors (Lipinski definition) is 18. The topological polar surface area (TPSA) is 450 Å². The molecule has 414 valence electrons. The van der Waals surface area contributed by atoms with Crippen LogP contribution >= 0.6 is 11.6 Å². The number of phenolic OH excluding ortho intramolecular Hbond substituents is 4. The van der Waals surface area contributed by atoms with E-state index in [9.17, 15) is 69.3 Å². The zero-order valence-corrected chi connectivity index (χ0v) is 41.8. The number of H-pyrrole nitrogens is 1. The number of halogens is 1. The molecule has 0 fully saturated rings. The monoisotopic (exact) mass is 1120 g/mol. The minimum Gasteiger partial charge on any atom is -0.508 e. The van der Waals surface area contributed by atoms with E-state index in [4.69, 9.17) is 32.5 Å². The van der Waals surface area contributed by atoms with Gasteiger partial charge < -0.3 is 93.6 Å². The quantitative estimate of drug-likeness (QED) is 0.103. The number of phenols is 4. The van der Waals surface area contributed by atoms with Gasteiger partial charge in [-0.05, 0) is 76.9 Å². The molecular formula is C52H47ClN10O17. The van der Waals surface area contributed by atoms with Gasteiger partial charge in [0.05, 0.1) is 23.8 Å².